The van der Waals surface area contributed by atoms with Crippen LogP contribution >= 0.6 is 0 Å². The van der Waals surface area contributed by atoms with Crippen molar-refractivity contribution in [2.45, 2.75) is 31.0 Å². The van der Waals surface area contributed by atoms with Crippen molar-refractivity contribution in [3.05, 3.63) is 29.8 Å². The molecule has 2 aliphatic heterocycles. The fourth-order valence-electron chi connectivity index (χ4n) is 3.72. The number of ether oxygens (including phenoxy) is 3. The maximum atomic E-state index is 13.1. The summed E-state index contributed by atoms with van der Waals surface area (Å²) >= 11 is 0. The predicted molar refractivity (Wildman–Crippen MR) is 92.7 cm³/mol. The largest absolute Gasteiger partial charge is 0.497 e. The molecule has 4 rings (SSSR count). The Bertz CT molecular complexity index is 667. The molecule has 2 atom stereocenters. The molecule has 0 unspecified atom stereocenters. The number of benzene rings is 1. The normalized spacial score (nSPS) is 26.7. The van der Waals surface area contributed by atoms with Gasteiger partial charge in [0, 0.05) is 19.1 Å². The first-order valence-electron chi connectivity index (χ1n) is 9.12. The second kappa shape index (κ2) is 7.25. The lowest BCUT2D eigenvalue weighted by atomic mass is 9.96. The highest BCUT2D eigenvalue weighted by Gasteiger charge is 2.48. The van der Waals surface area contributed by atoms with Crippen molar-refractivity contribution in [2.75, 3.05) is 40.0 Å². The van der Waals surface area contributed by atoms with E-state index >= 15 is 0 Å². The highest BCUT2D eigenvalue weighted by atomic mass is 16.5. The van der Waals surface area contributed by atoms with Crippen LogP contribution in [0.15, 0.2) is 24.3 Å². The lowest BCUT2D eigenvalue weighted by molar-refractivity contribution is -0.172. The van der Waals surface area contributed by atoms with E-state index in [0.717, 1.165) is 24.2 Å². The van der Waals surface area contributed by atoms with E-state index in [4.69, 9.17) is 14.2 Å². The molecule has 0 radical (unpaired) electrons. The Kier molecular flexibility index (Phi) is 4.82. The van der Waals surface area contributed by atoms with Gasteiger partial charge in [-0.25, -0.2) is 0 Å². The van der Waals surface area contributed by atoms with Gasteiger partial charge in [0.05, 0.1) is 26.4 Å². The van der Waals surface area contributed by atoms with Crippen molar-refractivity contribution >= 4 is 11.8 Å². The van der Waals surface area contributed by atoms with E-state index in [1.807, 2.05) is 29.2 Å². The van der Waals surface area contributed by atoms with Gasteiger partial charge in [-0.1, -0.05) is 12.1 Å². The van der Waals surface area contributed by atoms with Gasteiger partial charge in [0.25, 0.3) is 5.91 Å². The summed E-state index contributed by atoms with van der Waals surface area (Å²) in [6.45, 7) is 2.16. The Morgan fingerprint density at radius 2 is 1.85 bits per heavy atom. The number of methoxy groups -OCH3 is 1. The molecule has 0 N–H and O–H groups in total. The first-order valence-corrected chi connectivity index (χ1v) is 9.12. The van der Waals surface area contributed by atoms with E-state index in [2.05, 4.69) is 0 Å². The fraction of sp³-hybridized carbons (Fsp3) is 0.579. The number of carbonyl (C=O) groups excluding carboxylic acids is 2. The molecule has 3 aliphatic rings. The molecule has 2 saturated heterocycles. The molecule has 0 bridgehead atoms. The zero-order valence-electron chi connectivity index (χ0n) is 14.9. The molecule has 1 aromatic rings. The third-order valence-electron chi connectivity index (χ3n) is 5.22. The van der Waals surface area contributed by atoms with Crippen LogP contribution in [0.2, 0.25) is 0 Å². The Morgan fingerprint density at radius 1 is 1.15 bits per heavy atom. The molecular weight excluding hydrogens is 336 g/mol. The average molecular weight is 360 g/mol. The first-order chi connectivity index (χ1) is 12.7. The number of amides is 2. The highest BCUT2D eigenvalue weighted by Crippen LogP contribution is 2.40. The third-order valence-corrected chi connectivity index (χ3v) is 5.22. The summed E-state index contributed by atoms with van der Waals surface area (Å²) in [4.78, 5) is 29.3. The van der Waals surface area contributed by atoms with Crippen molar-refractivity contribution in [1.82, 2.24) is 9.80 Å². The molecule has 26 heavy (non-hydrogen) atoms. The summed E-state index contributed by atoms with van der Waals surface area (Å²) in [5.74, 6) is 0.637. The van der Waals surface area contributed by atoms with Gasteiger partial charge in [0.15, 0.2) is 6.10 Å². The van der Waals surface area contributed by atoms with Crippen LogP contribution in [-0.4, -0.2) is 73.8 Å². The molecular formula is C19H24N2O5. The van der Waals surface area contributed by atoms with Crippen LogP contribution in [0, 0.1) is 0 Å². The molecule has 0 spiro atoms. The minimum atomic E-state index is -0.681. The SMILES string of the molecule is COc1ccc([C@@H]2[C@@H](C(=O)N3CCOCC3)OCC(=O)N2C2CC2)cc1. The summed E-state index contributed by atoms with van der Waals surface area (Å²) in [5.41, 5.74) is 0.900. The van der Waals surface area contributed by atoms with E-state index in [-0.39, 0.29) is 24.5 Å². The van der Waals surface area contributed by atoms with E-state index in [1.165, 1.54) is 0 Å². The van der Waals surface area contributed by atoms with E-state index in [0.29, 0.717) is 26.3 Å². The van der Waals surface area contributed by atoms with Gasteiger partial charge in [-0.2, -0.15) is 0 Å². The molecule has 3 fully saturated rings. The summed E-state index contributed by atoms with van der Waals surface area (Å²) < 4.78 is 16.4. The molecule has 140 valence electrons. The monoisotopic (exact) mass is 360 g/mol. The maximum Gasteiger partial charge on any atom is 0.254 e. The molecule has 7 heteroatoms. The van der Waals surface area contributed by atoms with Gasteiger partial charge < -0.3 is 24.0 Å². The van der Waals surface area contributed by atoms with Crippen molar-refractivity contribution in [2.24, 2.45) is 0 Å². The summed E-state index contributed by atoms with van der Waals surface area (Å²) in [7, 11) is 1.61. The Labute approximate surface area is 152 Å². The topological polar surface area (TPSA) is 68.3 Å². The van der Waals surface area contributed by atoms with Crippen LogP contribution in [0.25, 0.3) is 0 Å². The van der Waals surface area contributed by atoms with Crippen LogP contribution in [0.4, 0.5) is 0 Å². The van der Waals surface area contributed by atoms with E-state index in [9.17, 15) is 9.59 Å². The van der Waals surface area contributed by atoms with Crippen LogP contribution in [0.3, 0.4) is 0 Å². The molecule has 2 heterocycles. The second-order valence-electron chi connectivity index (χ2n) is 6.92. The average Bonchev–Trinajstić information content (AvgIpc) is 3.53. The van der Waals surface area contributed by atoms with Gasteiger partial charge in [-0.15, -0.1) is 0 Å². The standard InChI is InChI=1S/C19H24N2O5/c1-24-15-6-2-13(3-7-15)17-18(19(23)20-8-10-25-11-9-20)26-12-16(22)21(17)14-4-5-14/h2-3,6-7,14,17-18H,4-5,8-12H2,1H3/t17-,18+/m1/s1. The summed E-state index contributed by atoms with van der Waals surface area (Å²) in [6, 6.07) is 7.36. The van der Waals surface area contributed by atoms with Crippen LogP contribution in [-0.2, 0) is 19.1 Å². The zero-order chi connectivity index (χ0) is 18.1. The fourth-order valence-corrected chi connectivity index (χ4v) is 3.72. The van der Waals surface area contributed by atoms with E-state index < -0.39 is 12.1 Å². The van der Waals surface area contributed by atoms with Crippen LogP contribution < -0.4 is 4.74 Å². The first kappa shape index (κ1) is 17.3. The lowest BCUT2D eigenvalue weighted by Crippen LogP contribution is -2.57. The number of morpholine rings is 2. The zero-order valence-corrected chi connectivity index (χ0v) is 14.9. The number of rotatable bonds is 4. The molecule has 1 saturated carbocycles. The molecule has 1 aromatic carbocycles. The van der Waals surface area contributed by atoms with Gasteiger partial charge in [-0.05, 0) is 30.5 Å². The van der Waals surface area contributed by atoms with Crippen LogP contribution in [0.5, 0.6) is 5.75 Å². The quantitative estimate of drug-likeness (QED) is 0.801. The van der Waals surface area contributed by atoms with Crippen molar-refractivity contribution in [3.8, 4) is 5.75 Å². The third kappa shape index (κ3) is 3.29. The number of nitrogens with zero attached hydrogens (tertiary/aromatic N) is 2. The van der Waals surface area contributed by atoms with Crippen molar-refractivity contribution in [3.63, 3.8) is 0 Å². The minimum Gasteiger partial charge on any atom is -0.497 e. The molecule has 7 nitrogen and oxygen atoms in total. The summed E-state index contributed by atoms with van der Waals surface area (Å²) in [5, 5.41) is 0. The lowest BCUT2D eigenvalue weighted by Gasteiger charge is -2.42. The van der Waals surface area contributed by atoms with Gasteiger partial charge in [0.2, 0.25) is 5.91 Å². The Hall–Kier alpha value is -2.12. The maximum absolute atomic E-state index is 13.1. The number of hydrogen-bond acceptors (Lipinski definition) is 5. The van der Waals surface area contributed by atoms with Gasteiger partial charge >= 0.3 is 0 Å². The second-order valence-corrected chi connectivity index (χ2v) is 6.92. The van der Waals surface area contributed by atoms with E-state index in [1.54, 1.807) is 12.0 Å². The highest BCUT2D eigenvalue weighted by molar-refractivity contribution is 5.87. The molecule has 0 aromatic heterocycles. The number of hydrogen-bond donors (Lipinski definition) is 0. The Balaban J connectivity index is 1.65. The van der Waals surface area contributed by atoms with Crippen molar-refractivity contribution < 1.29 is 23.8 Å². The van der Waals surface area contributed by atoms with Gasteiger partial charge in [-0.3, -0.25) is 9.59 Å². The molecule has 2 amide bonds. The Morgan fingerprint density at radius 3 is 2.46 bits per heavy atom. The smallest absolute Gasteiger partial charge is 0.254 e. The minimum absolute atomic E-state index is 0.0378. The van der Waals surface area contributed by atoms with Crippen molar-refractivity contribution in [1.29, 1.82) is 0 Å². The van der Waals surface area contributed by atoms with Gasteiger partial charge in [0.1, 0.15) is 12.4 Å². The van der Waals surface area contributed by atoms with Crippen LogP contribution in [0.1, 0.15) is 24.4 Å². The number of carbonyl (C=O) groups is 2. The summed E-state index contributed by atoms with van der Waals surface area (Å²) in [6.07, 6.45) is 1.29. The molecule has 1 aliphatic carbocycles. The predicted octanol–water partition coefficient (Wildman–Crippen LogP) is 0.985.